The molecule has 0 bridgehead atoms. The molecule has 0 unspecified atom stereocenters. The summed E-state index contributed by atoms with van der Waals surface area (Å²) >= 11 is 1.50. The zero-order chi connectivity index (χ0) is 19.4. The van der Waals surface area contributed by atoms with Crippen LogP contribution >= 0.6 is 11.3 Å². The summed E-state index contributed by atoms with van der Waals surface area (Å²) in [7, 11) is 4.68. The number of hydrogen-bond acceptors (Lipinski definition) is 5. The van der Waals surface area contributed by atoms with E-state index in [1.807, 2.05) is 0 Å². The van der Waals surface area contributed by atoms with E-state index in [4.69, 9.17) is 9.47 Å². The Bertz CT molecular complexity index is 860. The number of carbonyl (C=O) groups excluding carboxylic acids is 2. The highest BCUT2D eigenvalue weighted by Crippen LogP contribution is 2.38. The Morgan fingerprint density at radius 1 is 1.04 bits per heavy atom. The Morgan fingerprint density at radius 2 is 1.81 bits per heavy atom. The fourth-order valence-corrected chi connectivity index (χ4v) is 4.63. The predicted octanol–water partition coefficient (Wildman–Crippen LogP) is 3.65. The first-order valence-corrected chi connectivity index (χ1v) is 9.80. The highest BCUT2D eigenvalue weighted by atomic mass is 32.1. The van der Waals surface area contributed by atoms with E-state index in [-0.39, 0.29) is 11.8 Å². The van der Waals surface area contributed by atoms with Gasteiger partial charge in [0.1, 0.15) is 16.5 Å². The highest BCUT2D eigenvalue weighted by Gasteiger charge is 2.26. The molecule has 1 aliphatic carbocycles. The summed E-state index contributed by atoms with van der Waals surface area (Å²) in [5, 5.41) is 6.23. The summed E-state index contributed by atoms with van der Waals surface area (Å²) in [5.74, 6) is 0.561. The minimum atomic E-state index is -0.309. The van der Waals surface area contributed by atoms with Crippen LogP contribution in [0.2, 0.25) is 0 Å². The van der Waals surface area contributed by atoms with Crippen molar-refractivity contribution in [1.29, 1.82) is 0 Å². The fourth-order valence-electron chi connectivity index (χ4n) is 3.35. The zero-order valence-corrected chi connectivity index (χ0v) is 16.6. The number of methoxy groups -OCH3 is 2. The molecule has 0 saturated carbocycles. The number of ether oxygens (including phenoxy) is 2. The number of amides is 2. The van der Waals surface area contributed by atoms with E-state index in [9.17, 15) is 9.59 Å². The van der Waals surface area contributed by atoms with Crippen LogP contribution in [0.5, 0.6) is 11.5 Å². The third kappa shape index (κ3) is 3.93. The lowest BCUT2D eigenvalue weighted by Crippen LogP contribution is -2.22. The molecule has 0 saturated heterocycles. The molecule has 6 nitrogen and oxygen atoms in total. The molecule has 2 aromatic rings. The van der Waals surface area contributed by atoms with E-state index in [0.717, 1.165) is 31.2 Å². The van der Waals surface area contributed by atoms with Gasteiger partial charge in [0.25, 0.3) is 11.8 Å². The van der Waals surface area contributed by atoms with E-state index in [1.165, 1.54) is 29.7 Å². The van der Waals surface area contributed by atoms with E-state index in [1.54, 1.807) is 32.4 Å². The van der Waals surface area contributed by atoms with Crippen LogP contribution in [0.15, 0.2) is 18.2 Å². The third-order valence-electron chi connectivity index (χ3n) is 4.76. The number of fused-ring (bicyclic) bond motifs is 1. The van der Waals surface area contributed by atoms with Crippen molar-refractivity contribution in [2.24, 2.45) is 0 Å². The summed E-state index contributed by atoms with van der Waals surface area (Å²) in [6.45, 7) is 0. The van der Waals surface area contributed by atoms with Gasteiger partial charge in [0.15, 0.2) is 0 Å². The van der Waals surface area contributed by atoms with Crippen molar-refractivity contribution in [2.75, 3.05) is 26.6 Å². The Hall–Kier alpha value is -2.54. The van der Waals surface area contributed by atoms with Gasteiger partial charge >= 0.3 is 0 Å². The highest BCUT2D eigenvalue weighted by molar-refractivity contribution is 7.17. The van der Waals surface area contributed by atoms with Crippen molar-refractivity contribution in [3.63, 3.8) is 0 Å². The van der Waals surface area contributed by atoms with Gasteiger partial charge in [-0.3, -0.25) is 9.59 Å². The number of anilines is 1. The summed E-state index contributed by atoms with van der Waals surface area (Å²) < 4.78 is 10.5. The van der Waals surface area contributed by atoms with Crippen LogP contribution in [0.3, 0.4) is 0 Å². The first kappa shape index (κ1) is 19.2. The lowest BCUT2D eigenvalue weighted by molar-refractivity contribution is 0.0963. The second-order valence-corrected chi connectivity index (χ2v) is 7.47. The molecule has 1 aliphatic rings. The number of thiophene rings is 1. The predicted molar refractivity (Wildman–Crippen MR) is 106 cm³/mol. The summed E-state index contributed by atoms with van der Waals surface area (Å²) in [6.07, 6.45) is 5.16. The molecule has 1 aromatic heterocycles. The molecular formula is C20H24N2O4S. The summed E-state index contributed by atoms with van der Waals surface area (Å²) in [6, 6.07) is 5.03. The Labute approximate surface area is 162 Å². The molecule has 2 N–H and O–H groups in total. The van der Waals surface area contributed by atoms with Crippen LogP contribution < -0.4 is 20.1 Å². The van der Waals surface area contributed by atoms with Crippen molar-refractivity contribution in [3.8, 4) is 11.5 Å². The van der Waals surface area contributed by atoms with E-state index in [2.05, 4.69) is 10.6 Å². The molecule has 0 radical (unpaired) electrons. The summed E-state index contributed by atoms with van der Waals surface area (Å²) in [4.78, 5) is 26.6. The molecule has 1 heterocycles. The molecule has 7 heteroatoms. The van der Waals surface area contributed by atoms with Gasteiger partial charge < -0.3 is 20.1 Å². The van der Waals surface area contributed by atoms with Gasteiger partial charge in [-0.1, -0.05) is 6.42 Å². The average Bonchev–Trinajstić information content (AvgIpc) is 2.86. The number of nitrogens with one attached hydrogen (secondary N) is 2. The van der Waals surface area contributed by atoms with Crippen molar-refractivity contribution >= 4 is 28.2 Å². The molecule has 2 amide bonds. The maximum atomic E-state index is 12.9. The van der Waals surface area contributed by atoms with Crippen LogP contribution in [0.1, 0.15) is 50.4 Å². The quantitative estimate of drug-likeness (QED) is 0.767. The lowest BCUT2D eigenvalue weighted by Gasteiger charge is -2.11. The van der Waals surface area contributed by atoms with Crippen molar-refractivity contribution in [2.45, 2.75) is 32.1 Å². The Morgan fingerprint density at radius 3 is 2.52 bits per heavy atom. The van der Waals surface area contributed by atoms with Gasteiger partial charge in [-0.25, -0.2) is 0 Å². The molecule has 1 aromatic carbocycles. The largest absolute Gasteiger partial charge is 0.497 e. The van der Waals surface area contributed by atoms with Gasteiger partial charge in [0.2, 0.25) is 0 Å². The maximum absolute atomic E-state index is 12.9. The molecule has 0 spiro atoms. The molecule has 0 aliphatic heterocycles. The number of hydrogen-bond donors (Lipinski definition) is 2. The van der Waals surface area contributed by atoms with Crippen LogP contribution in [0.25, 0.3) is 0 Å². The van der Waals surface area contributed by atoms with E-state index >= 15 is 0 Å². The Kier molecular flexibility index (Phi) is 6.01. The molecule has 0 atom stereocenters. The van der Waals surface area contributed by atoms with Crippen molar-refractivity contribution < 1.29 is 19.1 Å². The van der Waals surface area contributed by atoms with E-state index in [0.29, 0.717) is 27.6 Å². The van der Waals surface area contributed by atoms with Gasteiger partial charge in [0, 0.05) is 18.0 Å². The van der Waals surface area contributed by atoms with Gasteiger partial charge in [0.05, 0.1) is 25.3 Å². The van der Waals surface area contributed by atoms with Crippen LogP contribution in [0, 0.1) is 0 Å². The van der Waals surface area contributed by atoms with Gasteiger partial charge in [-0.05, 0) is 43.4 Å². The summed E-state index contributed by atoms with van der Waals surface area (Å²) in [5.41, 5.74) is 2.07. The van der Waals surface area contributed by atoms with E-state index < -0.39 is 0 Å². The van der Waals surface area contributed by atoms with Crippen LogP contribution in [0.4, 0.5) is 5.00 Å². The van der Waals surface area contributed by atoms with Gasteiger partial charge in [-0.15, -0.1) is 11.3 Å². The smallest absolute Gasteiger partial charge is 0.260 e. The van der Waals surface area contributed by atoms with Crippen LogP contribution in [-0.2, 0) is 12.8 Å². The van der Waals surface area contributed by atoms with Crippen molar-refractivity contribution in [3.05, 3.63) is 39.8 Å². The van der Waals surface area contributed by atoms with Crippen LogP contribution in [-0.4, -0.2) is 33.1 Å². The zero-order valence-electron chi connectivity index (χ0n) is 15.8. The first-order valence-electron chi connectivity index (χ1n) is 8.99. The second-order valence-electron chi connectivity index (χ2n) is 6.37. The molecule has 144 valence electrons. The number of benzene rings is 1. The molecule has 0 fully saturated rings. The Balaban J connectivity index is 1.95. The minimum Gasteiger partial charge on any atom is -0.497 e. The molecule has 3 rings (SSSR count). The standard InChI is InChI=1S/C20H24N2O4S/c1-21-19(24)17-14-7-5-4-6-8-16(14)27-20(17)22-18(23)13-10-9-12(25-2)11-15(13)26-3/h9-11H,4-8H2,1-3H3,(H,21,24)(H,22,23). The normalized spacial score (nSPS) is 13.3. The van der Waals surface area contributed by atoms with Crippen molar-refractivity contribution in [1.82, 2.24) is 5.32 Å². The maximum Gasteiger partial charge on any atom is 0.260 e. The SMILES string of the molecule is CNC(=O)c1c(NC(=O)c2ccc(OC)cc2OC)sc2c1CCCCC2. The third-order valence-corrected chi connectivity index (χ3v) is 5.96. The number of aryl methyl sites for hydroxylation is 1. The van der Waals surface area contributed by atoms with Gasteiger partial charge in [-0.2, -0.15) is 0 Å². The topological polar surface area (TPSA) is 76.7 Å². The lowest BCUT2D eigenvalue weighted by atomic mass is 10.0. The molecular weight excluding hydrogens is 364 g/mol. The second kappa shape index (κ2) is 8.43. The molecule has 27 heavy (non-hydrogen) atoms. The first-order chi connectivity index (χ1) is 13.1. The fraction of sp³-hybridized carbons (Fsp3) is 0.400. The number of rotatable bonds is 5. The monoisotopic (exact) mass is 388 g/mol. The average molecular weight is 388 g/mol. The number of carbonyl (C=O) groups is 2. The minimum absolute atomic E-state index is 0.161.